The molecule has 1 saturated heterocycles. The van der Waals surface area contributed by atoms with E-state index >= 15 is 0 Å². The van der Waals surface area contributed by atoms with Gasteiger partial charge in [0.2, 0.25) is 15.9 Å². The molecule has 202 valence electrons. The molecule has 3 rings (SSSR count). The summed E-state index contributed by atoms with van der Waals surface area (Å²) in [6, 6.07) is 7.66. The molecule has 0 aromatic heterocycles. The van der Waals surface area contributed by atoms with E-state index in [9.17, 15) is 27.6 Å². The number of thioether (sulfide) groups is 1. The van der Waals surface area contributed by atoms with Crippen LogP contribution in [-0.4, -0.2) is 73.2 Å². The first-order valence-corrected chi connectivity index (χ1v) is 14.0. The number of amides is 2. The lowest BCUT2D eigenvalue weighted by Crippen LogP contribution is -2.56. The lowest BCUT2D eigenvalue weighted by Gasteiger charge is -2.33. The van der Waals surface area contributed by atoms with Gasteiger partial charge in [-0.3, -0.25) is 14.8 Å². The maximum absolute atomic E-state index is 14.7. The molecule has 37 heavy (non-hydrogen) atoms. The van der Waals surface area contributed by atoms with Gasteiger partial charge in [0, 0.05) is 22.9 Å². The third kappa shape index (κ3) is 7.79. The van der Waals surface area contributed by atoms with Gasteiger partial charge >= 0.3 is 0 Å². The molecule has 1 aliphatic rings. The molecule has 2 amide bonds. The summed E-state index contributed by atoms with van der Waals surface area (Å²) >= 11 is 6.86. The minimum Gasteiger partial charge on any atom is -0.454 e. The Labute approximate surface area is 223 Å². The summed E-state index contributed by atoms with van der Waals surface area (Å²) in [5.74, 6) is -2.14. The minimum atomic E-state index is -4.43. The van der Waals surface area contributed by atoms with Crippen molar-refractivity contribution in [3.8, 4) is 11.5 Å². The minimum absolute atomic E-state index is 0.0324. The number of hydrogen-bond acceptors (Lipinski definition) is 8. The summed E-state index contributed by atoms with van der Waals surface area (Å²) in [5.41, 5.74) is 1.45. The summed E-state index contributed by atoms with van der Waals surface area (Å²) in [7, 11) is -4.43. The van der Waals surface area contributed by atoms with E-state index < -0.39 is 37.4 Å². The number of hydrogen-bond donors (Lipinski definition) is 3. The summed E-state index contributed by atoms with van der Waals surface area (Å²) < 4.78 is 52.5. The van der Waals surface area contributed by atoms with Crippen LogP contribution < -0.4 is 14.9 Å². The third-order valence-electron chi connectivity index (χ3n) is 5.53. The van der Waals surface area contributed by atoms with Crippen LogP contribution in [0.3, 0.4) is 0 Å². The number of sulfonamides is 1. The van der Waals surface area contributed by atoms with Crippen LogP contribution in [0.5, 0.6) is 11.5 Å². The fraction of sp³-hybridized carbons (Fsp3) is 0.391. The topological polar surface area (TPSA) is 134 Å². The molecule has 14 heteroatoms. The molecule has 0 bridgehead atoms. The summed E-state index contributed by atoms with van der Waals surface area (Å²) in [6.45, 7) is 4.84. The van der Waals surface area contributed by atoms with Gasteiger partial charge < -0.3 is 14.4 Å². The first-order chi connectivity index (χ1) is 17.4. The van der Waals surface area contributed by atoms with E-state index in [2.05, 4.69) is 4.72 Å². The Balaban J connectivity index is 1.74. The van der Waals surface area contributed by atoms with Crippen molar-refractivity contribution in [1.82, 2.24) is 15.1 Å². The van der Waals surface area contributed by atoms with Crippen LogP contribution in [0, 0.1) is 5.82 Å². The number of morpholine rings is 1. The second kappa shape index (κ2) is 12.4. The maximum Gasteiger partial charge on any atom is 0.262 e. The summed E-state index contributed by atoms with van der Waals surface area (Å²) in [5, 5.41) is 9.70. The van der Waals surface area contributed by atoms with Gasteiger partial charge in [-0.15, -0.1) is 11.8 Å². The van der Waals surface area contributed by atoms with Gasteiger partial charge in [-0.1, -0.05) is 11.6 Å². The number of ether oxygens (including phenoxy) is 2. The van der Waals surface area contributed by atoms with Gasteiger partial charge in [0.05, 0.1) is 23.9 Å². The molecule has 0 aliphatic carbocycles. The zero-order valence-electron chi connectivity index (χ0n) is 20.1. The molecule has 2 aromatic carbocycles. The van der Waals surface area contributed by atoms with E-state index in [4.69, 9.17) is 21.1 Å². The lowest BCUT2D eigenvalue weighted by molar-refractivity contribution is -0.133. The van der Waals surface area contributed by atoms with Crippen LogP contribution in [0.25, 0.3) is 0 Å². The number of benzene rings is 2. The lowest BCUT2D eigenvalue weighted by atomic mass is 10.0. The second-order valence-electron chi connectivity index (χ2n) is 8.56. The molecule has 1 aliphatic heterocycles. The first-order valence-electron chi connectivity index (χ1n) is 11.1. The predicted octanol–water partition coefficient (Wildman–Crippen LogP) is 2.79. The van der Waals surface area contributed by atoms with Crippen LogP contribution >= 0.6 is 23.4 Å². The number of carbonyl (C=O) groups excluding carboxylic acids is 2. The average molecular weight is 576 g/mol. The van der Waals surface area contributed by atoms with Gasteiger partial charge in [0.1, 0.15) is 11.8 Å². The fourth-order valence-electron chi connectivity index (χ4n) is 3.40. The highest BCUT2D eigenvalue weighted by Gasteiger charge is 2.40. The Morgan fingerprint density at radius 2 is 1.86 bits per heavy atom. The molecule has 0 saturated carbocycles. The molecule has 0 radical (unpaired) electrons. The van der Waals surface area contributed by atoms with Crippen molar-refractivity contribution in [1.29, 1.82) is 0 Å². The third-order valence-corrected chi connectivity index (χ3v) is 8.57. The maximum atomic E-state index is 14.7. The number of halogens is 2. The van der Waals surface area contributed by atoms with Gasteiger partial charge in [0.25, 0.3) is 5.91 Å². The molecule has 1 atom stereocenters. The fourth-order valence-corrected chi connectivity index (χ4v) is 5.96. The average Bonchev–Trinajstić information content (AvgIpc) is 2.88. The van der Waals surface area contributed by atoms with Gasteiger partial charge in [-0.05, 0) is 56.3 Å². The Morgan fingerprint density at radius 1 is 1.22 bits per heavy atom. The molecule has 1 heterocycles. The van der Waals surface area contributed by atoms with E-state index in [0.29, 0.717) is 37.1 Å². The van der Waals surface area contributed by atoms with E-state index in [1.807, 2.05) is 0 Å². The number of nitrogens with zero attached hydrogens (tertiary/aromatic N) is 1. The van der Waals surface area contributed by atoms with Crippen molar-refractivity contribution in [3.05, 3.63) is 53.3 Å². The highest BCUT2D eigenvalue weighted by atomic mass is 35.5. The molecule has 0 unspecified atom stereocenters. The molecule has 3 N–H and O–H groups in total. The molecule has 10 nitrogen and oxygen atoms in total. The van der Waals surface area contributed by atoms with Crippen molar-refractivity contribution >= 4 is 45.2 Å². The number of rotatable bonds is 10. The van der Waals surface area contributed by atoms with E-state index in [1.54, 1.807) is 30.9 Å². The van der Waals surface area contributed by atoms with Crippen molar-refractivity contribution in [2.24, 2.45) is 0 Å². The van der Waals surface area contributed by atoms with Gasteiger partial charge in [-0.25, -0.2) is 18.3 Å². The Hall–Kier alpha value is -2.42. The van der Waals surface area contributed by atoms with Crippen LogP contribution in [0.15, 0.2) is 47.4 Å². The zero-order valence-corrected chi connectivity index (χ0v) is 22.5. The Kier molecular flexibility index (Phi) is 9.78. The van der Waals surface area contributed by atoms with Crippen LogP contribution in [0.1, 0.15) is 13.8 Å². The normalized spacial score (nSPS) is 15.2. The highest BCUT2D eigenvalue weighted by molar-refractivity contribution is 8.01. The van der Waals surface area contributed by atoms with E-state index in [-0.39, 0.29) is 17.4 Å². The molecule has 1 fully saturated rings. The van der Waals surface area contributed by atoms with Crippen LogP contribution in [0.2, 0.25) is 5.02 Å². The zero-order chi connectivity index (χ0) is 27.2. The van der Waals surface area contributed by atoms with Crippen LogP contribution in [-0.2, 0) is 24.3 Å². The van der Waals surface area contributed by atoms with Crippen molar-refractivity contribution in [3.63, 3.8) is 0 Å². The van der Waals surface area contributed by atoms with Crippen molar-refractivity contribution in [2.75, 3.05) is 32.1 Å². The second-order valence-corrected chi connectivity index (χ2v) is 12.3. The summed E-state index contributed by atoms with van der Waals surface area (Å²) in [4.78, 5) is 26.1. The number of nitrogens with one attached hydrogen (secondary N) is 2. The number of carbonyl (C=O) groups is 2. The van der Waals surface area contributed by atoms with E-state index in [1.165, 1.54) is 17.6 Å². The van der Waals surface area contributed by atoms with Gasteiger partial charge in [-0.2, -0.15) is 4.72 Å². The smallest absolute Gasteiger partial charge is 0.262 e. The molecular formula is C23H27ClFN3O7S2. The predicted molar refractivity (Wildman–Crippen MR) is 136 cm³/mol. The Morgan fingerprint density at radius 3 is 2.46 bits per heavy atom. The monoisotopic (exact) mass is 575 g/mol. The largest absolute Gasteiger partial charge is 0.454 e. The molecule has 2 aromatic rings. The molecule has 0 spiro atoms. The van der Waals surface area contributed by atoms with Crippen LogP contribution in [0.4, 0.5) is 4.39 Å². The summed E-state index contributed by atoms with van der Waals surface area (Å²) in [6.07, 6.45) is 0. The standard InChI is InChI=1S/C23H27ClFN3O7S2/c1-23(2,36-14-20(29)28-9-11-34-12-10-28)21(22(30)26-31)27-37(32,33)17-7-8-19(18(25)13-17)35-16-5-3-15(24)4-6-16/h3-8,13,21,27,31H,9-12,14H2,1-2H3,(H,26,30)/t21-/m0/s1. The van der Waals surface area contributed by atoms with Crippen molar-refractivity contribution < 1.29 is 37.1 Å². The Bertz CT molecular complexity index is 1220. The first kappa shape index (κ1) is 29.1. The quantitative estimate of drug-likeness (QED) is 0.291. The van der Waals surface area contributed by atoms with Crippen molar-refractivity contribution in [2.45, 2.75) is 29.5 Å². The molecular weight excluding hydrogens is 549 g/mol. The SMILES string of the molecule is CC(C)(SCC(=O)N1CCOCC1)[C@@H](NS(=O)(=O)c1ccc(Oc2ccc(Cl)cc2)c(F)c1)C(=O)NO. The highest BCUT2D eigenvalue weighted by Crippen LogP contribution is 2.31. The van der Waals surface area contributed by atoms with Gasteiger partial charge in [0.15, 0.2) is 11.6 Å². The number of hydroxylamine groups is 1. The van der Waals surface area contributed by atoms with E-state index in [0.717, 1.165) is 30.0 Å².